The maximum atomic E-state index is 6.27. The summed E-state index contributed by atoms with van der Waals surface area (Å²) < 4.78 is 1.74. The SMILES string of the molecule is CC1(C)CCCc2nn(-c3ccncn3)c(N)c21. The molecule has 2 N–H and O–H groups in total. The predicted octanol–water partition coefficient (Wildman–Crippen LogP) is 1.86. The Hall–Kier alpha value is -1.91. The van der Waals surface area contributed by atoms with Crippen molar-refractivity contribution in [2.24, 2.45) is 0 Å². The van der Waals surface area contributed by atoms with Gasteiger partial charge in [-0.05, 0) is 24.7 Å². The number of hydrogen-bond donors (Lipinski definition) is 1. The number of hydrogen-bond acceptors (Lipinski definition) is 4. The van der Waals surface area contributed by atoms with E-state index in [1.807, 2.05) is 6.07 Å². The fraction of sp³-hybridized carbons (Fsp3) is 0.462. The molecular formula is C13H17N5. The van der Waals surface area contributed by atoms with Gasteiger partial charge in [0.15, 0.2) is 5.82 Å². The molecule has 0 aliphatic heterocycles. The van der Waals surface area contributed by atoms with Crippen molar-refractivity contribution in [2.45, 2.75) is 38.5 Å². The van der Waals surface area contributed by atoms with Crippen molar-refractivity contribution >= 4 is 5.82 Å². The van der Waals surface area contributed by atoms with Gasteiger partial charge in [0.25, 0.3) is 0 Å². The molecule has 0 atom stereocenters. The summed E-state index contributed by atoms with van der Waals surface area (Å²) in [5, 5.41) is 4.62. The molecule has 1 aliphatic rings. The Bertz CT molecular complexity index is 571. The molecule has 0 unspecified atom stereocenters. The predicted molar refractivity (Wildman–Crippen MR) is 69.5 cm³/mol. The third-order valence-corrected chi connectivity index (χ3v) is 3.67. The monoisotopic (exact) mass is 243 g/mol. The third kappa shape index (κ3) is 1.58. The van der Waals surface area contributed by atoms with Gasteiger partial charge in [-0.2, -0.15) is 9.78 Å². The molecule has 2 heterocycles. The Morgan fingerprint density at radius 1 is 1.39 bits per heavy atom. The molecule has 5 heteroatoms. The molecule has 0 fully saturated rings. The molecular weight excluding hydrogens is 226 g/mol. The Labute approximate surface area is 106 Å². The lowest BCUT2D eigenvalue weighted by Crippen LogP contribution is -2.24. The second-order valence-electron chi connectivity index (χ2n) is 5.42. The largest absolute Gasteiger partial charge is 0.383 e. The Morgan fingerprint density at radius 2 is 2.22 bits per heavy atom. The van der Waals surface area contributed by atoms with E-state index >= 15 is 0 Å². The first kappa shape index (κ1) is 11.2. The first-order valence-corrected chi connectivity index (χ1v) is 6.24. The highest BCUT2D eigenvalue weighted by Gasteiger charge is 2.33. The smallest absolute Gasteiger partial charge is 0.159 e. The van der Waals surface area contributed by atoms with Gasteiger partial charge in [-0.3, -0.25) is 0 Å². The van der Waals surface area contributed by atoms with Gasteiger partial charge < -0.3 is 5.73 Å². The number of aryl methyl sites for hydroxylation is 1. The number of nitrogens with two attached hydrogens (primary N) is 1. The fourth-order valence-electron chi connectivity index (χ4n) is 2.80. The van der Waals surface area contributed by atoms with Gasteiger partial charge in [-0.25, -0.2) is 9.97 Å². The maximum Gasteiger partial charge on any atom is 0.159 e. The minimum absolute atomic E-state index is 0.100. The maximum absolute atomic E-state index is 6.27. The molecule has 0 bridgehead atoms. The standard InChI is InChI=1S/C13H17N5/c1-13(2)6-3-4-9-11(13)12(14)18(17-9)10-5-7-15-8-16-10/h5,7-8H,3-4,6,14H2,1-2H3. The van der Waals surface area contributed by atoms with Crippen LogP contribution in [0, 0.1) is 0 Å². The van der Waals surface area contributed by atoms with Crippen molar-refractivity contribution < 1.29 is 0 Å². The summed E-state index contributed by atoms with van der Waals surface area (Å²) in [6.07, 6.45) is 6.54. The number of nitrogen functional groups attached to an aromatic ring is 1. The summed E-state index contributed by atoms with van der Waals surface area (Å²) in [5.74, 6) is 1.45. The first-order chi connectivity index (χ1) is 8.59. The minimum Gasteiger partial charge on any atom is -0.383 e. The van der Waals surface area contributed by atoms with Gasteiger partial charge in [0.2, 0.25) is 0 Å². The number of nitrogens with zero attached hydrogens (tertiary/aromatic N) is 4. The van der Waals surface area contributed by atoms with Gasteiger partial charge in [0, 0.05) is 17.8 Å². The summed E-state index contributed by atoms with van der Waals surface area (Å²) in [6.45, 7) is 4.46. The van der Waals surface area contributed by atoms with E-state index in [2.05, 4.69) is 28.9 Å². The van der Waals surface area contributed by atoms with Crippen LogP contribution in [0.1, 0.15) is 37.9 Å². The van der Waals surface area contributed by atoms with Crippen molar-refractivity contribution in [1.29, 1.82) is 0 Å². The highest BCUT2D eigenvalue weighted by atomic mass is 15.3. The molecule has 3 rings (SSSR count). The molecule has 0 saturated carbocycles. The zero-order valence-electron chi connectivity index (χ0n) is 10.7. The number of anilines is 1. The van der Waals surface area contributed by atoms with Crippen LogP contribution in [-0.4, -0.2) is 19.7 Å². The van der Waals surface area contributed by atoms with Crippen molar-refractivity contribution in [3.63, 3.8) is 0 Å². The van der Waals surface area contributed by atoms with Crippen molar-refractivity contribution in [3.05, 3.63) is 29.8 Å². The van der Waals surface area contributed by atoms with Crippen molar-refractivity contribution in [1.82, 2.24) is 19.7 Å². The van der Waals surface area contributed by atoms with Gasteiger partial charge in [0.1, 0.15) is 12.1 Å². The zero-order chi connectivity index (χ0) is 12.8. The van der Waals surface area contributed by atoms with Crippen molar-refractivity contribution in [3.8, 4) is 5.82 Å². The van der Waals surface area contributed by atoms with Crippen LogP contribution in [-0.2, 0) is 11.8 Å². The van der Waals surface area contributed by atoms with Crippen molar-refractivity contribution in [2.75, 3.05) is 5.73 Å². The van der Waals surface area contributed by atoms with E-state index < -0.39 is 0 Å². The number of aromatic nitrogens is 4. The van der Waals surface area contributed by atoms with Crippen LogP contribution in [0.15, 0.2) is 18.6 Å². The Kier molecular flexibility index (Phi) is 2.36. The lowest BCUT2D eigenvalue weighted by atomic mass is 9.75. The zero-order valence-corrected chi connectivity index (χ0v) is 10.7. The van der Waals surface area contributed by atoms with Crippen LogP contribution in [0.5, 0.6) is 0 Å². The van der Waals surface area contributed by atoms with Crippen LogP contribution in [0.4, 0.5) is 5.82 Å². The molecule has 1 aliphatic carbocycles. The third-order valence-electron chi connectivity index (χ3n) is 3.67. The van der Waals surface area contributed by atoms with E-state index in [1.54, 1.807) is 10.9 Å². The summed E-state index contributed by atoms with van der Waals surface area (Å²) in [4.78, 5) is 8.13. The van der Waals surface area contributed by atoms with E-state index in [1.165, 1.54) is 18.3 Å². The second kappa shape index (κ2) is 3.80. The van der Waals surface area contributed by atoms with E-state index in [0.29, 0.717) is 5.82 Å². The molecule has 0 amide bonds. The van der Waals surface area contributed by atoms with Gasteiger partial charge >= 0.3 is 0 Å². The molecule has 0 spiro atoms. The highest BCUT2D eigenvalue weighted by Crippen LogP contribution is 2.40. The van der Waals surface area contributed by atoms with Crippen LogP contribution >= 0.6 is 0 Å². The fourth-order valence-corrected chi connectivity index (χ4v) is 2.80. The van der Waals surface area contributed by atoms with E-state index in [0.717, 1.165) is 24.4 Å². The first-order valence-electron chi connectivity index (χ1n) is 6.24. The second-order valence-corrected chi connectivity index (χ2v) is 5.42. The quantitative estimate of drug-likeness (QED) is 0.830. The van der Waals surface area contributed by atoms with Crippen LogP contribution in [0.2, 0.25) is 0 Å². The number of rotatable bonds is 1. The number of fused-ring (bicyclic) bond motifs is 1. The van der Waals surface area contributed by atoms with E-state index in [9.17, 15) is 0 Å². The van der Waals surface area contributed by atoms with E-state index in [4.69, 9.17) is 5.73 Å². The summed E-state index contributed by atoms with van der Waals surface area (Å²) in [6, 6.07) is 1.82. The molecule has 0 saturated heterocycles. The van der Waals surface area contributed by atoms with Gasteiger partial charge in [-0.1, -0.05) is 13.8 Å². The van der Waals surface area contributed by atoms with E-state index in [-0.39, 0.29) is 5.41 Å². The van der Waals surface area contributed by atoms with Crippen LogP contribution in [0.25, 0.3) is 5.82 Å². The molecule has 18 heavy (non-hydrogen) atoms. The molecule has 2 aromatic heterocycles. The minimum atomic E-state index is 0.100. The molecule has 94 valence electrons. The molecule has 0 radical (unpaired) electrons. The van der Waals surface area contributed by atoms with Gasteiger partial charge in [-0.15, -0.1) is 0 Å². The molecule has 2 aromatic rings. The van der Waals surface area contributed by atoms with Crippen LogP contribution in [0.3, 0.4) is 0 Å². The lowest BCUT2D eigenvalue weighted by molar-refractivity contribution is 0.432. The average Bonchev–Trinajstić information content (AvgIpc) is 2.69. The van der Waals surface area contributed by atoms with Crippen LogP contribution < -0.4 is 5.73 Å². The Balaban J connectivity index is 2.18. The molecule has 5 nitrogen and oxygen atoms in total. The lowest BCUT2D eigenvalue weighted by Gasteiger charge is -2.29. The Morgan fingerprint density at radius 3 is 2.89 bits per heavy atom. The summed E-state index contributed by atoms with van der Waals surface area (Å²) >= 11 is 0. The summed E-state index contributed by atoms with van der Waals surface area (Å²) in [5.41, 5.74) is 8.67. The highest BCUT2D eigenvalue weighted by molar-refractivity contribution is 5.52. The summed E-state index contributed by atoms with van der Waals surface area (Å²) in [7, 11) is 0. The average molecular weight is 243 g/mol. The topological polar surface area (TPSA) is 69.6 Å². The van der Waals surface area contributed by atoms with Gasteiger partial charge in [0.05, 0.1) is 5.69 Å². The molecule has 0 aromatic carbocycles. The normalized spacial score (nSPS) is 17.4.